The van der Waals surface area contributed by atoms with Gasteiger partial charge in [0.05, 0.1) is 12.1 Å². The van der Waals surface area contributed by atoms with E-state index in [1.165, 1.54) is 11.3 Å². The highest BCUT2D eigenvalue weighted by Gasteiger charge is 2.14. The Morgan fingerprint density at radius 2 is 2.05 bits per heavy atom. The van der Waals surface area contributed by atoms with Gasteiger partial charge in [0.25, 0.3) is 5.91 Å². The van der Waals surface area contributed by atoms with Crippen LogP contribution in [0, 0.1) is 18.6 Å². The first-order valence-corrected chi connectivity index (χ1v) is 6.60. The van der Waals surface area contributed by atoms with E-state index in [9.17, 15) is 18.4 Å². The molecule has 9 heteroatoms. The molecule has 0 unspecified atom stereocenters. The summed E-state index contributed by atoms with van der Waals surface area (Å²) >= 11 is 1.18. The molecule has 110 valence electrons. The summed E-state index contributed by atoms with van der Waals surface area (Å²) in [6.07, 6.45) is 0. The standard InChI is InChI=1S/C12H10F2N4O2S/c1-6-17-18-12(21-6)16-10(19)5-15-11(20)8-3-2-7(13)4-9(8)14/h2-4H,5H2,1H3,(H,15,20)(H,16,18,19). The zero-order chi connectivity index (χ0) is 15.4. The molecule has 0 saturated heterocycles. The lowest BCUT2D eigenvalue weighted by atomic mass is 10.2. The molecule has 0 spiro atoms. The van der Waals surface area contributed by atoms with Gasteiger partial charge in [-0.2, -0.15) is 0 Å². The van der Waals surface area contributed by atoms with Gasteiger partial charge in [-0.15, -0.1) is 10.2 Å². The van der Waals surface area contributed by atoms with Crippen LogP contribution < -0.4 is 10.6 Å². The van der Waals surface area contributed by atoms with Crippen molar-refractivity contribution in [1.82, 2.24) is 15.5 Å². The van der Waals surface area contributed by atoms with Crippen LogP contribution in [0.3, 0.4) is 0 Å². The fourth-order valence-electron chi connectivity index (χ4n) is 1.44. The number of halogens is 2. The van der Waals surface area contributed by atoms with Crippen molar-refractivity contribution in [2.45, 2.75) is 6.92 Å². The topological polar surface area (TPSA) is 84.0 Å². The SMILES string of the molecule is Cc1nnc(NC(=O)CNC(=O)c2ccc(F)cc2F)s1. The van der Waals surface area contributed by atoms with Crippen molar-refractivity contribution in [1.29, 1.82) is 0 Å². The summed E-state index contributed by atoms with van der Waals surface area (Å²) in [5, 5.41) is 13.0. The molecular formula is C12H10F2N4O2S. The predicted octanol–water partition coefficient (Wildman–Crippen LogP) is 1.49. The third kappa shape index (κ3) is 4.02. The number of anilines is 1. The van der Waals surface area contributed by atoms with E-state index in [4.69, 9.17) is 0 Å². The molecule has 0 saturated carbocycles. The maximum atomic E-state index is 13.4. The molecule has 1 heterocycles. The van der Waals surface area contributed by atoms with Crippen molar-refractivity contribution in [3.63, 3.8) is 0 Å². The van der Waals surface area contributed by atoms with Crippen molar-refractivity contribution in [2.24, 2.45) is 0 Å². The number of carbonyl (C=O) groups excluding carboxylic acids is 2. The van der Waals surface area contributed by atoms with Gasteiger partial charge in [-0.3, -0.25) is 14.9 Å². The highest BCUT2D eigenvalue weighted by Crippen LogP contribution is 2.13. The number of carbonyl (C=O) groups is 2. The van der Waals surface area contributed by atoms with Gasteiger partial charge in [-0.25, -0.2) is 8.78 Å². The maximum absolute atomic E-state index is 13.4. The van der Waals surface area contributed by atoms with Gasteiger partial charge in [-0.05, 0) is 19.1 Å². The molecule has 1 aromatic carbocycles. The molecule has 0 aliphatic rings. The Labute approximate surface area is 122 Å². The van der Waals surface area contributed by atoms with E-state index in [0.717, 1.165) is 12.1 Å². The van der Waals surface area contributed by atoms with Crippen LogP contribution in [0.25, 0.3) is 0 Å². The van der Waals surface area contributed by atoms with E-state index in [2.05, 4.69) is 20.8 Å². The molecule has 1 aromatic heterocycles. The van der Waals surface area contributed by atoms with Crippen molar-refractivity contribution in [3.05, 3.63) is 40.4 Å². The number of hydrogen-bond acceptors (Lipinski definition) is 5. The third-order valence-corrected chi connectivity index (χ3v) is 3.11. The number of rotatable bonds is 4. The van der Waals surface area contributed by atoms with E-state index in [-0.39, 0.29) is 12.1 Å². The smallest absolute Gasteiger partial charge is 0.254 e. The molecule has 2 rings (SSSR count). The molecule has 0 bridgehead atoms. The van der Waals surface area contributed by atoms with Gasteiger partial charge in [-0.1, -0.05) is 11.3 Å². The van der Waals surface area contributed by atoms with E-state index < -0.39 is 23.4 Å². The van der Waals surface area contributed by atoms with Crippen molar-refractivity contribution in [2.75, 3.05) is 11.9 Å². The van der Waals surface area contributed by atoms with Crippen LogP contribution in [0.4, 0.5) is 13.9 Å². The minimum Gasteiger partial charge on any atom is -0.343 e. The molecule has 2 amide bonds. The quantitative estimate of drug-likeness (QED) is 0.896. The second-order valence-electron chi connectivity index (χ2n) is 3.98. The number of aryl methyl sites for hydroxylation is 1. The minimum atomic E-state index is -0.993. The molecule has 0 aliphatic carbocycles. The van der Waals surface area contributed by atoms with Gasteiger partial charge in [0.15, 0.2) is 0 Å². The fraction of sp³-hybridized carbons (Fsp3) is 0.167. The van der Waals surface area contributed by atoms with Crippen molar-refractivity contribution in [3.8, 4) is 0 Å². The largest absolute Gasteiger partial charge is 0.343 e. The first-order valence-electron chi connectivity index (χ1n) is 5.79. The molecule has 6 nitrogen and oxygen atoms in total. The van der Waals surface area contributed by atoms with Crippen LogP contribution in [0.5, 0.6) is 0 Å². The zero-order valence-corrected chi connectivity index (χ0v) is 11.6. The molecule has 2 aromatic rings. The number of benzene rings is 1. The van der Waals surface area contributed by atoms with Gasteiger partial charge < -0.3 is 5.32 Å². The van der Waals surface area contributed by atoms with Gasteiger partial charge in [0.2, 0.25) is 11.0 Å². The van der Waals surface area contributed by atoms with Gasteiger partial charge >= 0.3 is 0 Å². The Balaban J connectivity index is 1.90. The highest BCUT2D eigenvalue weighted by molar-refractivity contribution is 7.15. The summed E-state index contributed by atoms with van der Waals surface area (Å²) in [7, 11) is 0. The van der Waals surface area contributed by atoms with E-state index in [1.807, 2.05) is 0 Å². The molecule has 0 aliphatic heterocycles. The number of nitrogens with one attached hydrogen (secondary N) is 2. The fourth-order valence-corrected chi connectivity index (χ4v) is 2.05. The highest BCUT2D eigenvalue weighted by atomic mass is 32.1. The van der Waals surface area contributed by atoms with Crippen LogP contribution in [0.2, 0.25) is 0 Å². The van der Waals surface area contributed by atoms with Crippen LogP contribution in [-0.4, -0.2) is 28.6 Å². The average Bonchev–Trinajstić information content (AvgIpc) is 2.81. The second kappa shape index (κ2) is 6.35. The minimum absolute atomic E-state index is 0.305. The Hall–Kier alpha value is -2.42. The molecule has 2 N–H and O–H groups in total. The normalized spacial score (nSPS) is 10.2. The van der Waals surface area contributed by atoms with E-state index in [1.54, 1.807) is 6.92 Å². The third-order valence-electron chi connectivity index (χ3n) is 2.36. The first kappa shape index (κ1) is 15.0. The zero-order valence-electron chi connectivity index (χ0n) is 10.8. The summed E-state index contributed by atoms with van der Waals surface area (Å²) < 4.78 is 26.1. The maximum Gasteiger partial charge on any atom is 0.254 e. The number of aromatic nitrogens is 2. The lowest BCUT2D eigenvalue weighted by Crippen LogP contribution is -2.33. The monoisotopic (exact) mass is 312 g/mol. The summed E-state index contributed by atoms with van der Waals surface area (Å²) in [6.45, 7) is 1.36. The molecule has 0 atom stereocenters. The van der Waals surface area contributed by atoms with Gasteiger partial charge in [0, 0.05) is 6.07 Å². The second-order valence-corrected chi connectivity index (χ2v) is 5.16. The number of amides is 2. The van der Waals surface area contributed by atoms with E-state index in [0.29, 0.717) is 16.2 Å². The van der Waals surface area contributed by atoms with E-state index >= 15 is 0 Å². The lowest BCUT2D eigenvalue weighted by molar-refractivity contribution is -0.115. The van der Waals surface area contributed by atoms with Crippen LogP contribution in [0.1, 0.15) is 15.4 Å². The average molecular weight is 312 g/mol. The summed E-state index contributed by atoms with van der Waals surface area (Å²) in [5.74, 6) is -3.11. The Kier molecular flexibility index (Phi) is 4.53. The summed E-state index contributed by atoms with van der Waals surface area (Å²) in [5.41, 5.74) is -0.337. The first-order chi connectivity index (χ1) is 9.95. The van der Waals surface area contributed by atoms with Crippen LogP contribution >= 0.6 is 11.3 Å². The molecule has 21 heavy (non-hydrogen) atoms. The Morgan fingerprint density at radius 3 is 2.67 bits per heavy atom. The van der Waals surface area contributed by atoms with Crippen LogP contribution in [-0.2, 0) is 4.79 Å². The number of nitrogens with zero attached hydrogens (tertiary/aromatic N) is 2. The molecular weight excluding hydrogens is 302 g/mol. The Morgan fingerprint density at radius 1 is 1.29 bits per heavy atom. The number of hydrogen-bond donors (Lipinski definition) is 2. The lowest BCUT2D eigenvalue weighted by Gasteiger charge is -2.05. The predicted molar refractivity (Wildman–Crippen MR) is 72.0 cm³/mol. The van der Waals surface area contributed by atoms with Crippen molar-refractivity contribution < 1.29 is 18.4 Å². The molecule has 0 radical (unpaired) electrons. The van der Waals surface area contributed by atoms with Crippen molar-refractivity contribution >= 4 is 28.3 Å². The van der Waals surface area contributed by atoms with Crippen LogP contribution in [0.15, 0.2) is 18.2 Å². The summed E-state index contributed by atoms with van der Waals surface area (Å²) in [6, 6.07) is 2.56. The summed E-state index contributed by atoms with van der Waals surface area (Å²) in [4.78, 5) is 23.2. The molecule has 0 fully saturated rings. The Bertz CT molecular complexity index is 690. The van der Waals surface area contributed by atoms with Gasteiger partial charge in [0.1, 0.15) is 16.6 Å².